The van der Waals surface area contributed by atoms with Gasteiger partial charge < -0.3 is 4.74 Å². The predicted octanol–water partition coefficient (Wildman–Crippen LogP) is 3.29. The van der Waals surface area contributed by atoms with Crippen LogP contribution in [0.3, 0.4) is 0 Å². The second-order valence-corrected chi connectivity index (χ2v) is 5.19. The fraction of sp³-hybridized carbons (Fsp3) is 0.556. The summed E-state index contributed by atoms with van der Waals surface area (Å²) in [5.74, 6) is 2.57. The average molecular weight is 312 g/mol. The van der Waals surface area contributed by atoms with E-state index >= 15 is 0 Å². The van der Waals surface area contributed by atoms with Gasteiger partial charge in [0.05, 0.1) is 22.5 Å². The first-order chi connectivity index (χ1) is 7.19. The molecule has 0 atom stereocenters. The van der Waals surface area contributed by atoms with Crippen molar-refractivity contribution in [1.82, 2.24) is 9.97 Å². The van der Waals surface area contributed by atoms with E-state index < -0.39 is 0 Å². The van der Waals surface area contributed by atoms with Gasteiger partial charge in [-0.2, -0.15) is 11.8 Å². The third kappa shape index (κ3) is 3.90. The Morgan fingerprint density at radius 3 is 2.80 bits per heavy atom. The molecule has 0 N–H and O–H groups in total. The SMILES string of the molecule is CCSCc1nc(Cl)c(Br)c(COC)n1. The van der Waals surface area contributed by atoms with Gasteiger partial charge in [0.25, 0.3) is 0 Å². The van der Waals surface area contributed by atoms with Crippen molar-refractivity contribution in [2.45, 2.75) is 19.3 Å². The van der Waals surface area contributed by atoms with Crippen molar-refractivity contribution in [2.75, 3.05) is 12.9 Å². The smallest absolute Gasteiger partial charge is 0.147 e. The summed E-state index contributed by atoms with van der Waals surface area (Å²) in [5.41, 5.74) is 0.796. The normalized spacial score (nSPS) is 10.7. The standard InChI is InChI=1S/C9H12BrClN2OS/c1-3-15-5-7-12-6(4-14-2)8(10)9(11)13-7/h3-5H2,1-2H3. The van der Waals surface area contributed by atoms with Gasteiger partial charge in [0.1, 0.15) is 11.0 Å². The van der Waals surface area contributed by atoms with Crippen molar-refractivity contribution >= 4 is 39.3 Å². The number of nitrogens with zero attached hydrogens (tertiary/aromatic N) is 2. The highest BCUT2D eigenvalue weighted by molar-refractivity contribution is 9.10. The van der Waals surface area contributed by atoms with Crippen LogP contribution in [0.4, 0.5) is 0 Å². The topological polar surface area (TPSA) is 35.0 Å². The zero-order valence-corrected chi connectivity index (χ0v) is 11.7. The van der Waals surface area contributed by atoms with Gasteiger partial charge in [-0.1, -0.05) is 18.5 Å². The molecular weight excluding hydrogens is 300 g/mol. The molecule has 6 heteroatoms. The molecule has 0 fully saturated rings. The molecule has 0 spiro atoms. The third-order valence-electron chi connectivity index (χ3n) is 1.64. The van der Waals surface area contributed by atoms with Crippen LogP contribution in [0.1, 0.15) is 18.4 Å². The Labute approximate surface area is 107 Å². The molecule has 0 saturated heterocycles. The molecule has 0 aliphatic rings. The van der Waals surface area contributed by atoms with E-state index in [2.05, 4.69) is 32.8 Å². The summed E-state index contributed by atoms with van der Waals surface area (Å²) in [6.07, 6.45) is 0. The number of rotatable bonds is 5. The van der Waals surface area contributed by atoms with E-state index in [1.165, 1.54) is 0 Å². The molecule has 3 nitrogen and oxygen atoms in total. The molecule has 0 saturated carbocycles. The van der Waals surface area contributed by atoms with Crippen molar-refractivity contribution in [2.24, 2.45) is 0 Å². The summed E-state index contributed by atoms with van der Waals surface area (Å²) in [5, 5.41) is 0.448. The van der Waals surface area contributed by atoms with Gasteiger partial charge in [0, 0.05) is 7.11 Å². The van der Waals surface area contributed by atoms with Crippen molar-refractivity contribution in [1.29, 1.82) is 0 Å². The van der Waals surface area contributed by atoms with Gasteiger partial charge in [0.15, 0.2) is 0 Å². The second kappa shape index (κ2) is 6.68. The molecular formula is C9H12BrClN2OS. The van der Waals surface area contributed by atoms with Gasteiger partial charge in [-0.15, -0.1) is 0 Å². The van der Waals surface area contributed by atoms with Crippen LogP contribution >= 0.6 is 39.3 Å². The summed E-state index contributed by atoms with van der Waals surface area (Å²) in [6, 6.07) is 0. The third-order valence-corrected chi connectivity index (χ3v) is 3.85. The summed E-state index contributed by atoms with van der Waals surface area (Å²) in [4.78, 5) is 8.56. The van der Waals surface area contributed by atoms with E-state index in [0.717, 1.165) is 27.5 Å². The summed E-state index contributed by atoms with van der Waals surface area (Å²) < 4.78 is 5.76. The van der Waals surface area contributed by atoms with E-state index in [0.29, 0.717) is 11.8 Å². The Hall–Kier alpha value is 0.160. The molecule has 0 unspecified atom stereocenters. The molecule has 0 aliphatic heterocycles. The summed E-state index contributed by atoms with van der Waals surface area (Å²) >= 11 is 11.1. The van der Waals surface area contributed by atoms with E-state index in [1.54, 1.807) is 18.9 Å². The molecule has 84 valence electrons. The Morgan fingerprint density at radius 2 is 2.20 bits per heavy atom. The second-order valence-electron chi connectivity index (χ2n) is 2.76. The van der Waals surface area contributed by atoms with Crippen molar-refractivity contribution in [3.05, 3.63) is 21.1 Å². The lowest BCUT2D eigenvalue weighted by molar-refractivity contribution is 0.180. The number of aromatic nitrogens is 2. The maximum atomic E-state index is 5.97. The summed E-state index contributed by atoms with van der Waals surface area (Å²) in [6.45, 7) is 2.54. The van der Waals surface area contributed by atoms with Gasteiger partial charge in [-0.3, -0.25) is 0 Å². The zero-order chi connectivity index (χ0) is 11.3. The first-order valence-corrected chi connectivity index (χ1v) is 6.79. The minimum Gasteiger partial charge on any atom is -0.378 e. The average Bonchev–Trinajstić information content (AvgIpc) is 2.22. The Morgan fingerprint density at radius 1 is 1.47 bits per heavy atom. The van der Waals surface area contributed by atoms with Crippen LogP contribution in [0.25, 0.3) is 0 Å². The quantitative estimate of drug-likeness (QED) is 0.782. The fourth-order valence-electron chi connectivity index (χ4n) is 1.00. The minimum absolute atomic E-state index is 0.437. The monoisotopic (exact) mass is 310 g/mol. The van der Waals surface area contributed by atoms with Gasteiger partial charge in [0.2, 0.25) is 0 Å². The molecule has 0 aliphatic carbocycles. The van der Waals surface area contributed by atoms with Crippen LogP contribution in [-0.2, 0) is 17.1 Å². The zero-order valence-electron chi connectivity index (χ0n) is 8.59. The molecule has 1 heterocycles. The van der Waals surface area contributed by atoms with Crippen molar-refractivity contribution in [3.8, 4) is 0 Å². The van der Waals surface area contributed by atoms with Crippen LogP contribution in [0.5, 0.6) is 0 Å². The number of hydrogen-bond acceptors (Lipinski definition) is 4. The van der Waals surface area contributed by atoms with Gasteiger partial charge >= 0.3 is 0 Å². The Bertz CT molecular complexity index is 338. The number of methoxy groups -OCH3 is 1. The molecule has 0 amide bonds. The van der Waals surface area contributed by atoms with Crippen LogP contribution in [0, 0.1) is 0 Å². The van der Waals surface area contributed by atoms with E-state index in [4.69, 9.17) is 16.3 Å². The predicted molar refractivity (Wildman–Crippen MR) is 67.3 cm³/mol. The van der Waals surface area contributed by atoms with Gasteiger partial charge in [-0.25, -0.2) is 9.97 Å². The fourth-order valence-corrected chi connectivity index (χ4v) is 2.02. The molecule has 1 aromatic heterocycles. The largest absolute Gasteiger partial charge is 0.378 e. The molecule has 0 bridgehead atoms. The lowest BCUT2D eigenvalue weighted by atomic mass is 10.4. The highest BCUT2D eigenvalue weighted by atomic mass is 79.9. The van der Waals surface area contributed by atoms with E-state index in [-0.39, 0.29) is 0 Å². The molecule has 1 rings (SSSR count). The lowest BCUT2D eigenvalue weighted by Gasteiger charge is -2.06. The minimum atomic E-state index is 0.437. The van der Waals surface area contributed by atoms with E-state index in [1.807, 2.05) is 0 Å². The maximum Gasteiger partial charge on any atom is 0.147 e. The highest BCUT2D eigenvalue weighted by Gasteiger charge is 2.10. The van der Waals surface area contributed by atoms with Crippen LogP contribution in [-0.4, -0.2) is 22.8 Å². The van der Waals surface area contributed by atoms with Crippen molar-refractivity contribution < 1.29 is 4.74 Å². The van der Waals surface area contributed by atoms with Crippen molar-refractivity contribution in [3.63, 3.8) is 0 Å². The first-order valence-electron chi connectivity index (χ1n) is 4.46. The van der Waals surface area contributed by atoms with Gasteiger partial charge in [-0.05, 0) is 21.7 Å². The number of hydrogen-bond donors (Lipinski definition) is 0. The first kappa shape index (κ1) is 13.2. The molecule has 1 aromatic rings. The number of ether oxygens (including phenoxy) is 1. The van der Waals surface area contributed by atoms with Crippen LogP contribution in [0.2, 0.25) is 5.15 Å². The van der Waals surface area contributed by atoms with Crippen LogP contribution in [0.15, 0.2) is 4.47 Å². The lowest BCUT2D eigenvalue weighted by Crippen LogP contribution is -2.02. The van der Waals surface area contributed by atoms with Crippen LogP contribution < -0.4 is 0 Å². The molecule has 0 radical (unpaired) electrons. The molecule has 15 heavy (non-hydrogen) atoms. The number of halogens is 2. The Balaban J connectivity index is 2.90. The Kier molecular flexibility index (Phi) is 5.89. The number of thioether (sulfide) groups is 1. The molecule has 0 aromatic carbocycles. The van der Waals surface area contributed by atoms with E-state index in [9.17, 15) is 0 Å². The summed E-state index contributed by atoms with van der Waals surface area (Å²) in [7, 11) is 1.63. The maximum absolute atomic E-state index is 5.97. The highest BCUT2D eigenvalue weighted by Crippen LogP contribution is 2.24.